The van der Waals surface area contributed by atoms with Crippen molar-refractivity contribution in [1.29, 1.82) is 0 Å². The first-order chi connectivity index (χ1) is 11.5. The van der Waals surface area contributed by atoms with Crippen LogP contribution >= 0.6 is 12.2 Å². The van der Waals surface area contributed by atoms with E-state index >= 15 is 0 Å². The molecule has 2 N–H and O–H groups in total. The highest BCUT2D eigenvalue weighted by Gasteiger charge is 2.13. The van der Waals surface area contributed by atoms with Gasteiger partial charge in [0.15, 0.2) is 5.11 Å². The fourth-order valence-electron chi connectivity index (χ4n) is 2.13. The average molecular weight is 344 g/mol. The number of carbonyl (C=O) groups excluding carboxylic acids is 1. The molecule has 0 aliphatic rings. The highest BCUT2D eigenvalue weighted by Crippen LogP contribution is 2.20. The lowest BCUT2D eigenvalue weighted by atomic mass is 10.1. The Morgan fingerprint density at radius 3 is 2.46 bits per heavy atom. The van der Waals surface area contributed by atoms with Gasteiger partial charge in [-0.05, 0) is 49.0 Å². The summed E-state index contributed by atoms with van der Waals surface area (Å²) in [6.45, 7) is 2.51. The molecule has 126 valence electrons. The van der Waals surface area contributed by atoms with Crippen LogP contribution < -0.4 is 15.4 Å². The fraction of sp³-hybridized carbons (Fsp3) is 0.222. The van der Waals surface area contributed by atoms with Gasteiger partial charge in [-0.2, -0.15) is 0 Å². The van der Waals surface area contributed by atoms with Crippen LogP contribution in [-0.4, -0.2) is 25.3 Å². The maximum absolute atomic E-state index is 11.8. The van der Waals surface area contributed by atoms with Crippen molar-refractivity contribution in [3.8, 4) is 5.75 Å². The van der Waals surface area contributed by atoms with Crippen LogP contribution in [-0.2, 0) is 11.3 Å². The summed E-state index contributed by atoms with van der Waals surface area (Å²) in [6, 6.07) is 13.3. The Labute approximate surface area is 147 Å². The van der Waals surface area contributed by atoms with Gasteiger partial charge in [0.1, 0.15) is 11.3 Å². The van der Waals surface area contributed by atoms with E-state index in [2.05, 4.69) is 10.6 Å². The van der Waals surface area contributed by atoms with E-state index in [0.29, 0.717) is 23.0 Å². The molecular formula is C18H20N2O3S. The van der Waals surface area contributed by atoms with Crippen LogP contribution in [0.25, 0.3) is 0 Å². The molecule has 0 spiro atoms. The predicted octanol–water partition coefficient (Wildman–Crippen LogP) is 3.28. The minimum Gasteiger partial charge on any atom is -0.496 e. The van der Waals surface area contributed by atoms with Crippen molar-refractivity contribution >= 4 is 29.0 Å². The van der Waals surface area contributed by atoms with Crippen molar-refractivity contribution in [1.82, 2.24) is 5.32 Å². The van der Waals surface area contributed by atoms with Gasteiger partial charge in [0.25, 0.3) is 0 Å². The third-order valence-electron chi connectivity index (χ3n) is 3.43. The number of anilines is 1. The van der Waals surface area contributed by atoms with Crippen LogP contribution in [0.1, 0.15) is 21.5 Å². The summed E-state index contributed by atoms with van der Waals surface area (Å²) >= 11 is 5.29. The van der Waals surface area contributed by atoms with Gasteiger partial charge in [-0.25, -0.2) is 4.79 Å². The number of nitrogens with one attached hydrogen (secondary N) is 2. The first-order valence-electron chi connectivity index (χ1n) is 7.40. The predicted molar refractivity (Wildman–Crippen MR) is 98.6 cm³/mol. The zero-order valence-electron chi connectivity index (χ0n) is 13.9. The standard InChI is InChI=1S/C18H20N2O3S/c1-12-4-7-14(8-5-12)20-18(24)19-11-13-6-9-16(22-2)15(10-13)17(21)23-3/h4-10H,11H2,1-3H3,(H2,19,20,24). The summed E-state index contributed by atoms with van der Waals surface area (Å²) in [6.07, 6.45) is 0. The second-order valence-corrected chi connectivity index (χ2v) is 5.61. The van der Waals surface area contributed by atoms with Crippen molar-refractivity contribution < 1.29 is 14.3 Å². The first-order valence-corrected chi connectivity index (χ1v) is 7.81. The fourth-order valence-corrected chi connectivity index (χ4v) is 2.32. The molecule has 0 aliphatic heterocycles. The van der Waals surface area contributed by atoms with Crippen molar-refractivity contribution in [3.05, 3.63) is 59.2 Å². The second-order valence-electron chi connectivity index (χ2n) is 5.20. The summed E-state index contributed by atoms with van der Waals surface area (Å²) in [5, 5.41) is 6.73. The van der Waals surface area contributed by atoms with Gasteiger partial charge in [0.2, 0.25) is 0 Å². The number of benzene rings is 2. The van der Waals surface area contributed by atoms with Gasteiger partial charge >= 0.3 is 5.97 Å². The number of carbonyl (C=O) groups is 1. The molecule has 0 aliphatic carbocycles. The van der Waals surface area contributed by atoms with E-state index in [1.165, 1.54) is 19.8 Å². The molecule has 24 heavy (non-hydrogen) atoms. The third-order valence-corrected chi connectivity index (χ3v) is 3.68. The molecule has 6 heteroatoms. The topological polar surface area (TPSA) is 59.6 Å². The third kappa shape index (κ3) is 4.70. The van der Waals surface area contributed by atoms with Crippen LogP contribution in [0.3, 0.4) is 0 Å². The van der Waals surface area contributed by atoms with E-state index in [1.54, 1.807) is 12.1 Å². The maximum Gasteiger partial charge on any atom is 0.341 e. The summed E-state index contributed by atoms with van der Waals surface area (Å²) in [5.41, 5.74) is 3.39. The van der Waals surface area contributed by atoms with E-state index in [-0.39, 0.29) is 0 Å². The summed E-state index contributed by atoms with van der Waals surface area (Å²) in [7, 11) is 2.85. The molecule has 0 saturated carbocycles. The summed E-state index contributed by atoms with van der Waals surface area (Å²) < 4.78 is 9.95. The van der Waals surface area contributed by atoms with E-state index in [0.717, 1.165) is 11.3 Å². The van der Waals surface area contributed by atoms with E-state index in [1.807, 2.05) is 37.3 Å². The second kappa shape index (κ2) is 8.31. The molecule has 0 bridgehead atoms. The monoisotopic (exact) mass is 344 g/mol. The Morgan fingerprint density at radius 1 is 1.12 bits per heavy atom. The minimum atomic E-state index is -0.436. The number of rotatable bonds is 5. The quantitative estimate of drug-likeness (QED) is 0.641. The maximum atomic E-state index is 11.8. The van der Waals surface area contributed by atoms with E-state index in [9.17, 15) is 4.79 Å². The van der Waals surface area contributed by atoms with Gasteiger partial charge in [0, 0.05) is 12.2 Å². The molecule has 2 aromatic rings. The van der Waals surface area contributed by atoms with Crippen molar-refractivity contribution in [2.75, 3.05) is 19.5 Å². The van der Waals surface area contributed by atoms with Crippen LogP contribution in [0.15, 0.2) is 42.5 Å². The highest BCUT2D eigenvalue weighted by atomic mass is 32.1. The largest absolute Gasteiger partial charge is 0.496 e. The molecular weight excluding hydrogens is 324 g/mol. The molecule has 0 aromatic heterocycles. The highest BCUT2D eigenvalue weighted by molar-refractivity contribution is 7.80. The number of hydrogen-bond acceptors (Lipinski definition) is 4. The van der Waals surface area contributed by atoms with Crippen LogP contribution in [0.4, 0.5) is 5.69 Å². The van der Waals surface area contributed by atoms with Crippen molar-refractivity contribution in [2.24, 2.45) is 0 Å². The van der Waals surface area contributed by atoms with Crippen LogP contribution in [0.2, 0.25) is 0 Å². The summed E-state index contributed by atoms with van der Waals surface area (Å²) in [5.74, 6) is 0.0417. The molecule has 0 radical (unpaired) electrons. The van der Waals surface area contributed by atoms with Crippen LogP contribution in [0, 0.1) is 6.92 Å². The Hall–Kier alpha value is -2.60. The van der Waals surface area contributed by atoms with Gasteiger partial charge in [-0.1, -0.05) is 23.8 Å². The number of hydrogen-bond donors (Lipinski definition) is 2. The summed E-state index contributed by atoms with van der Waals surface area (Å²) in [4.78, 5) is 11.8. The van der Waals surface area contributed by atoms with Crippen molar-refractivity contribution in [3.63, 3.8) is 0 Å². The molecule has 0 fully saturated rings. The minimum absolute atomic E-state index is 0.386. The molecule has 5 nitrogen and oxygen atoms in total. The van der Waals surface area contributed by atoms with Gasteiger partial charge in [0.05, 0.1) is 14.2 Å². The van der Waals surface area contributed by atoms with Gasteiger partial charge in [-0.15, -0.1) is 0 Å². The molecule has 0 heterocycles. The number of thiocarbonyl (C=S) groups is 1. The first kappa shape index (κ1) is 17.7. The molecule has 2 rings (SSSR count). The Balaban J connectivity index is 1.99. The molecule has 0 unspecified atom stereocenters. The SMILES string of the molecule is COC(=O)c1cc(CNC(=S)Nc2ccc(C)cc2)ccc1OC. The number of esters is 1. The Morgan fingerprint density at radius 2 is 1.83 bits per heavy atom. The van der Waals surface area contributed by atoms with Gasteiger partial charge < -0.3 is 20.1 Å². The number of methoxy groups -OCH3 is 2. The number of ether oxygens (including phenoxy) is 2. The van der Waals surface area contributed by atoms with Crippen molar-refractivity contribution in [2.45, 2.75) is 13.5 Å². The molecule has 0 saturated heterocycles. The smallest absolute Gasteiger partial charge is 0.341 e. The normalized spacial score (nSPS) is 9.96. The molecule has 2 aromatic carbocycles. The lowest BCUT2D eigenvalue weighted by Crippen LogP contribution is -2.28. The van der Waals surface area contributed by atoms with E-state index in [4.69, 9.17) is 21.7 Å². The van der Waals surface area contributed by atoms with Gasteiger partial charge in [-0.3, -0.25) is 0 Å². The Bertz CT molecular complexity index is 730. The molecule has 0 atom stereocenters. The number of aryl methyl sites for hydroxylation is 1. The average Bonchev–Trinajstić information content (AvgIpc) is 2.61. The lowest BCUT2D eigenvalue weighted by Gasteiger charge is -2.12. The lowest BCUT2D eigenvalue weighted by molar-refractivity contribution is 0.0597. The zero-order valence-corrected chi connectivity index (χ0v) is 14.7. The Kier molecular flexibility index (Phi) is 6.14. The molecule has 0 amide bonds. The van der Waals surface area contributed by atoms with Crippen LogP contribution in [0.5, 0.6) is 5.75 Å². The van der Waals surface area contributed by atoms with E-state index < -0.39 is 5.97 Å². The zero-order chi connectivity index (χ0) is 17.5.